The molecular weight excluding hydrogens is 210 g/mol. The number of phenolic OH excluding ortho intramolecular Hbond substituents is 1. The number of nitrogens with one attached hydrogen (secondary N) is 1. The van der Waals surface area contributed by atoms with Crippen LogP contribution < -0.4 is 5.32 Å². The first-order chi connectivity index (χ1) is 8.08. The van der Waals surface area contributed by atoms with Crippen LogP contribution in [-0.4, -0.2) is 11.1 Å². The smallest absolute Gasteiger partial charge is 0.115 e. The Morgan fingerprint density at radius 2 is 2.06 bits per heavy atom. The van der Waals surface area contributed by atoms with Crippen LogP contribution in [0.4, 0.5) is 0 Å². The van der Waals surface area contributed by atoms with E-state index in [2.05, 4.69) is 32.2 Å². The molecule has 0 radical (unpaired) electrons. The van der Waals surface area contributed by atoms with E-state index in [1.165, 1.54) is 24.0 Å². The highest BCUT2D eigenvalue weighted by Crippen LogP contribution is 2.32. The number of phenols is 1. The fraction of sp³-hybridized carbons (Fsp3) is 0.600. The molecule has 0 fully saturated rings. The minimum Gasteiger partial charge on any atom is -0.508 e. The van der Waals surface area contributed by atoms with Gasteiger partial charge in [-0.3, -0.25) is 0 Å². The third-order valence-corrected chi connectivity index (χ3v) is 3.90. The second-order valence-corrected chi connectivity index (χ2v) is 5.53. The summed E-state index contributed by atoms with van der Waals surface area (Å²) in [5.41, 5.74) is 2.69. The van der Waals surface area contributed by atoms with Gasteiger partial charge in [0, 0.05) is 12.1 Å². The topological polar surface area (TPSA) is 32.3 Å². The molecule has 94 valence electrons. The van der Waals surface area contributed by atoms with Crippen LogP contribution in [0.3, 0.4) is 0 Å². The van der Waals surface area contributed by atoms with Crippen LogP contribution >= 0.6 is 0 Å². The summed E-state index contributed by atoms with van der Waals surface area (Å²) in [6.45, 7) is 6.75. The maximum Gasteiger partial charge on any atom is 0.115 e. The normalized spacial score (nSPS) is 21.3. The van der Waals surface area contributed by atoms with Crippen molar-refractivity contribution in [3.63, 3.8) is 0 Å². The molecule has 1 aliphatic carbocycles. The number of fused-ring (bicyclic) bond motifs is 1. The first-order valence-corrected chi connectivity index (χ1v) is 6.65. The molecule has 2 rings (SSSR count). The van der Waals surface area contributed by atoms with Gasteiger partial charge in [-0.05, 0) is 55.4 Å². The van der Waals surface area contributed by atoms with Crippen molar-refractivity contribution in [3.05, 3.63) is 29.3 Å². The Morgan fingerprint density at radius 3 is 2.76 bits per heavy atom. The van der Waals surface area contributed by atoms with Gasteiger partial charge in [0.15, 0.2) is 0 Å². The van der Waals surface area contributed by atoms with Crippen molar-refractivity contribution in [2.24, 2.45) is 5.92 Å². The Hall–Kier alpha value is -1.02. The number of hydrogen-bond donors (Lipinski definition) is 2. The Balaban J connectivity index is 2.17. The zero-order chi connectivity index (χ0) is 12.4. The molecule has 0 heterocycles. The van der Waals surface area contributed by atoms with Gasteiger partial charge in [-0.2, -0.15) is 0 Å². The molecule has 0 saturated carbocycles. The summed E-state index contributed by atoms with van der Waals surface area (Å²) < 4.78 is 0. The van der Waals surface area contributed by atoms with Crippen molar-refractivity contribution >= 4 is 0 Å². The molecule has 0 saturated heterocycles. The van der Waals surface area contributed by atoms with Crippen LogP contribution in [0.1, 0.15) is 50.8 Å². The fourth-order valence-electron chi connectivity index (χ4n) is 2.48. The summed E-state index contributed by atoms with van der Waals surface area (Å²) in [5, 5.41) is 13.2. The van der Waals surface area contributed by atoms with Gasteiger partial charge in [0.2, 0.25) is 0 Å². The van der Waals surface area contributed by atoms with Gasteiger partial charge < -0.3 is 10.4 Å². The average Bonchev–Trinajstić information content (AvgIpc) is 2.28. The lowest BCUT2D eigenvalue weighted by Gasteiger charge is -2.30. The molecule has 0 aromatic heterocycles. The van der Waals surface area contributed by atoms with Gasteiger partial charge in [0.25, 0.3) is 0 Å². The number of aromatic hydroxyl groups is 1. The Kier molecular flexibility index (Phi) is 3.72. The predicted octanol–water partition coefficient (Wildman–Crippen LogP) is 3.40. The molecule has 0 spiro atoms. The number of hydrogen-bond acceptors (Lipinski definition) is 2. The number of aryl methyl sites for hydroxylation is 1. The van der Waals surface area contributed by atoms with E-state index in [1.54, 1.807) is 6.07 Å². The van der Waals surface area contributed by atoms with Crippen LogP contribution in [0.15, 0.2) is 18.2 Å². The highest BCUT2D eigenvalue weighted by atomic mass is 16.3. The fourth-order valence-corrected chi connectivity index (χ4v) is 2.48. The molecule has 1 aliphatic rings. The number of benzene rings is 1. The minimum absolute atomic E-state index is 0.390. The Morgan fingerprint density at radius 1 is 1.29 bits per heavy atom. The number of rotatable bonds is 3. The molecule has 1 aromatic carbocycles. The molecule has 2 N–H and O–H groups in total. The van der Waals surface area contributed by atoms with Gasteiger partial charge in [-0.25, -0.2) is 0 Å². The van der Waals surface area contributed by atoms with Crippen LogP contribution in [-0.2, 0) is 6.42 Å². The van der Waals surface area contributed by atoms with Gasteiger partial charge >= 0.3 is 0 Å². The van der Waals surface area contributed by atoms with Crippen LogP contribution in [0, 0.1) is 5.92 Å². The monoisotopic (exact) mass is 233 g/mol. The van der Waals surface area contributed by atoms with Crippen molar-refractivity contribution in [2.75, 3.05) is 0 Å². The highest BCUT2D eigenvalue weighted by molar-refractivity contribution is 5.38. The van der Waals surface area contributed by atoms with Crippen molar-refractivity contribution in [2.45, 2.75) is 52.1 Å². The summed E-state index contributed by atoms with van der Waals surface area (Å²) in [6.07, 6.45) is 3.51. The average molecular weight is 233 g/mol. The first kappa shape index (κ1) is 12.4. The molecule has 17 heavy (non-hydrogen) atoms. The summed E-state index contributed by atoms with van der Waals surface area (Å²) in [5.74, 6) is 1.04. The van der Waals surface area contributed by atoms with Crippen molar-refractivity contribution < 1.29 is 5.11 Å². The summed E-state index contributed by atoms with van der Waals surface area (Å²) in [4.78, 5) is 0. The van der Waals surface area contributed by atoms with Gasteiger partial charge in [0.05, 0.1) is 0 Å². The van der Waals surface area contributed by atoms with Crippen LogP contribution in [0.5, 0.6) is 5.75 Å². The zero-order valence-electron chi connectivity index (χ0n) is 11.0. The van der Waals surface area contributed by atoms with E-state index in [0.717, 1.165) is 6.42 Å². The highest BCUT2D eigenvalue weighted by Gasteiger charge is 2.22. The van der Waals surface area contributed by atoms with Crippen LogP contribution in [0.25, 0.3) is 0 Å². The minimum atomic E-state index is 0.390. The first-order valence-electron chi connectivity index (χ1n) is 6.65. The molecular formula is C15H23NO. The van der Waals surface area contributed by atoms with Gasteiger partial charge in [0.1, 0.15) is 5.75 Å². The third kappa shape index (κ3) is 2.81. The summed E-state index contributed by atoms with van der Waals surface area (Å²) in [7, 11) is 0. The Labute approximate surface area is 104 Å². The molecule has 2 unspecified atom stereocenters. The SMILES string of the molecule is CC(C)C(C)NC1CCCc2cc(O)ccc21. The third-order valence-electron chi connectivity index (χ3n) is 3.90. The standard InChI is InChI=1S/C15H23NO/c1-10(2)11(3)16-15-6-4-5-12-9-13(17)7-8-14(12)15/h7-11,15-17H,4-6H2,1-3H3. The zero-order valence-corrected chi connectivity index (χ0v) is 11.0. The van der Waals surface area contributed by atoms with Crippen molar-refractivity contribution in [1.82, 2.24) is 5.32 Å². The summed E-state index contributed by atoms with van der Waals surface area (Å²) >= 11 is 0. The molecule has 1 aromatic rings. The van der Waals surface area contributed by atoms with E-state index in [-0.39, 0.29) is 0 Å². The van der Waals surface area contributed by atoms with E-state index in [9.17, 15) is 5.11 Å². The molecule has 2 nitrogen and oxygen atoms in total. The van der Waals surface area contributed by atoms with Crippen molar-refractivity contribution in [3.8, 4) is 5.75 Å². The lowest BCUT2D eigenvalue weighted by molar-refractivity contribution is 0.350. The van der Waals surface area contributed by atoms with E-state index in [4.69, 9.17) is 0 Å². The second-order valence-electron chi connectivity index (χ2n) is 5.53. The van der Waals surface area contributed by atoms with Crippen molar-refractivity contribution in [1.29, 1.82) is 0 Å². The molecule has 0 aliphatic heterocycles. The van der Waals surface area contributed by atoms with E-state index < -0.39 is 0 Å². The van der Waals surface area contributed by atoms with Crippen LogP contribution in [0.2, 0.25) is 0 Å². The molecule has 2 atom stereocenters. The van der Waals surface area contributed by atoms with E-state index in [0.29, 0.717) is 23.8 Å². The lowest BCUT2D eigenvalue weighted by Crippen LogP contribution is -2.35. The lowest BCUT2D eigenvalue weighted by atomic mass is 9.86. The molecule has 0 amide bonds. The van der Waals surface area contributed by atoms with E-state index in [1.807, 2.05) is 6.07 Å². The summed E-state index contributed by atoms with van der Waals surface area (Å²) in [6, 6.07) is 6.79. The van der Waals surface area contributed by atoms with Gasteiger partial charge in [-0.1, -0.05) is 19.9 Å². The largest absolute Gasteiger partial charge is 0.508 e. The molecule has 2 heteroatoms. The maximum atomic E-state index is 9.52. The molecule has 0 bridgehead atoms. The second kappa shape index (κ2) is 5.09. The van der Waals surface area contributed by atoms with Gasteiger partial charge in [-0.15, -0.1) is 0 Å². The Bertz CT molecular complexity index is 387. The van der Waals surface area contributed by atoms with E-state index >= 15 is 0 Å². The predicted molar refractivity (Wildman–Crippen MR) is 71.2 cm³/mol. The maximum absolute atomic E-state index is 9.52. The quantitative estimate of drug-likeness (QED) is 0.838.